The van der Waals surface area contributed by atoms with E-state index < -0.39 is 30.0 Å². The summed E-state index contributed by atoms with van der Waals surface area (Å²) < 4.78 is 5.62. The van der Waals surface area contributed by atoms with E-state index in [0.29, 0.717) is 28.9 Å². The number of aromatic amines is 1. The Labute approximate surface area is 188 Å². The number of hydrogen-bond donors (Lipinski definition) is 3. The molecule has 0 spiro atoms. The third kappa shape index (κ3) is 4.46. The van der Waals surface area contributed by atoms with Crippen molar-refractivity contribution in [3.05, 3.63) is 70.4 Å². The Hall–Kier alpha value is -3.36. The summed E-state index contributed by atoms with van der Waals surface area (Å²) in [4.78, 5) is 42.7. The van der Waals surface area contributed by atoms with Gasteiger partial charge in [-0.05, 0) is 30.2 Å². The van der Waals surface area contributed by atoms with Gasteiger partial charge >= 0.3 is 5.97 Å². The first-order chi connectivity index (χ1) is 15.3. The Morgan fingerprint density at radius 1 is 1.22 bits per heavy atom. The van der Waals surface area contributed by atoms with Gasteiger partial charge < -0.3 is 25.5 Å². The van der Waals surface area contributed by atoms with Crippen molar-refractivity contribution in [1.29, 1.82) is 0 Å². The molecule has 0 aliphatic carbocycles. The molecule has 2 atom stereocenters. The fourth-order valence-corrected chi connectivity index (χ4v) is 4.09. The summed E-state index contributed by atoms with van der Waals surface area (Å²) in [5, 5.41) is 10.6. The van der Waals surface area contributed by atoms with E-state index in [4.69, 9.17) is 22.1 Å². The number of carbonyl (C=O) groups excluding carboxylic acids is 3. The molecule has 9 heteroatoms. The third-order valence-electron chi connectivity index (χ3n) is 5.47. The molecule has 1 aliphatic heterocycles. The number of aliphatic hydroxyl groups is 1. The fraction of sp³-hybridized carbons (Fsp3) is 0.261. The molecule has 3 aromatic rings. The first-order valence-corrected chi connectivity index (χ1v) is 10.5. The Bertz CT molecular complexity index is 1180. The van der Waals surface area contributed by atoms with E-state index in [2.05, 4.69) is 4.98 Å². The largest absolute Gasteiger partial charge is 0.447 e. The summed E-state index contributed by atoms with van der Waals surface area (Å²) >= 11 is 6.03. The van der Waals surface area contributed by atoms with E-state index in [1.54, 1.807) is 12.1 Å². The maximum Gasteiger partial charge on any atom is 0.356 e. The van der Waals surface area contributed by atoms with Crippen molar-refractivity contribution in [2.24, 2.45) is 5.73 Å². The Morgan fingerprint density at radius 2 is 1.97 bits per heavy atom. The Kier molecular flexibility index (Phi) is 6.16. The Balaban J connectivity index is 1.65. The van der Waals surface area contributed by atoms with Gasteiger partial charge in [0, 0.05) is 35.4 Å². The van der Waals surface area contributed by atoms with Crippen LogP contribution in [0.25, 0.3) is 10.9 Å². The van der Waals surface area contributed by atoms with Crippen LogP contribution >= 0.6 is 11.6 Å². The van der Waals surface area contributed by atoms with Crippen molar-refractivity contribution in [2.45, 2.75) is 25.0 Å². The lowest BCUT2D eigenvalue weighted by atomic mass is 10.1. The number of rotatable bonds is 6. The molecule has 2 amide bonds. The number of likely N-dealkylation sites (tertiary alicyclic amines) is 1. The standard InChI is InChI=1S/C23H22ClN3O5/c24-14-6-7-17-16(11-14)19(21(25)29)20(26-17)23(31)32-18(10-13-4-2-1-3-5-13)22(30)27-9-8-15(28)12-27/h1-7,11,15,18,26,28H,8-10,12H2,(H2,25,29). The number of H-pyrrole nitrogens is 1. The van der Waals surface area contributed by atoms with Crippen LogP contribution in [0.15, 0.2) is 48.5 Å². The van der Waals surface area contributed by atoms with Crippen molar-refractivity contribution in [3.8, 4) is 0 Å². The molecule has 8 nitrogen and oxygen atoms in total. The molecule has 166 valence electrons. The maximum absolute atomic E-state index is 13.1. The minimum Gasteiger partial charge on any atom is -0.447 e. The van der Waals surface area contributed by atoms with Crippen LogP contribution in [-0.4, -0.2) is 58.1 Å². The summed E-state index contributed by atoms with van der Waals surface area (Å²) in [5.74, 6) is -2.10. The van der Waals surface area contributed by atoms with Gasteiger partial charge in [-0.1, -0.05) is 41.9 Å². The highest BCUT2D eigenvalue weighted by Crippen LogP contribution is 2.27. The first kappa shape index (κ1) is 21.9. The van der Waals surface area contributed by atoms with Gasteiger partial charge in [0.05, 0.1) is 11.7 Å². The monoisotopic (exact) mass is 455 g/mol. The molecule has 1 aromatic heterocycles. The van der Waals surface area contributed by atoms with Gasteiger partial charge in [0.2, 0.25) is 0 Å². The highest BCUT2D eigenvalue weighted by molar-refractivity contribution is 6.31. The maximum atomic E-state index is 13.1. The number of fused-ring (bicyclic) bond motifs is 1. The topological polar surface area (TPSA) is 126 Å². The van der Waals surface area contributed by atoms with Crippen molar-refractivity contribution in [3.63, 3.8) is 0 Å². The Morgan fingerprint density at radius 3 is 2.62 bits per heavy atom. The summed E-state index contributed by atoms with van der Waals surface area (Å²) in [6.07, 6.45) is -1.12. The third-order valence-corrected chi connectivity index (χ3v) is 5.71. The van der Waals surface area contributed by atoms with Crippen LogP contribution in [0.3, 0.4) is 0 Å². The lowest BCUT2D eigenvalue weighted by molar-refractivity contribution is -0.140. The predicted molar refractivity (Wildman–Crippen MR) is 118 cm³/mol. The zero-order chi connectivity index (χ0) is 22.8. The van der Waals surface area contributed by atoms with Crippen LogP contribution in [-0.2, 0) is 16.0 Å². The zero-order valence-corrected chi connectivity index (χ0v) is 17.8. The normalized spacial score (nSPS) is 16.8. The number of β-amino-alcohol motifs (C(OH)–C–C–N with tert-alkyl or cyclic N) is 1. The van der Waals surface area contributed by atoms with Gasteiger partial charge in [-0.15, -0.1) is 0 Å². The second-order valence-corrected chi connectivity index (χ2v) is 8.18. The number of hydrogen-bond acceptors (Lipinski definition) is 5. The number of nitrogens with one attached hydrogen (secondary N) is 1. The number of halogens is 1. The van der Waals surface area contributed by atoms with E-state index in [1.165, 1.54) is 11.0 Å². The van der Waals surface area contributed by atoms with Gasteiger partial charge in [0.1, 0.15) is 5.69 Å². The first-order valence-electron chi connectivity index (χ1n) is 10.2. The minimum atomic E-state index is -1.13. The number of aliphatic hydroxyl groups excluding tert-OH is 1. The number of esters is 1. The second kappa shape index (κ2) is 9.02. The number of aromatic nitrogens is 1. The molecule has 1 aliphatic rings. The highest BCUT2D eigenvalue weighted by atomic mass is 35.5. The molecule has 0 saturated carbocycles. The average molecular weight is 456 g/mol. The SMILES string of the molecule is NC(=O)c1c(C(=O)OC(Cc2ccccc2)C(=O)N2CCC(O)C2)[nH]c2ccc(Cl)cc12. The van der Waals surface area contributed by atoms with Gasteiger partial charge in [-0.25, -0.2) is 4.79 Å². The van der Waals surface area contributed by atoms with E-state index >= 15 is 0 Å². The van der Waals surface area contributed by atoms with Crippen LogP contribution in [0, 0.1) is 0 Å². The minimum absolute atomic E-state index is 0.0463. The molecule has 4 N–H and O–H groups in total. The van der Waals surface area contributed by atoms with Gasteiger partial charge in [0.25, 0.3) is 11.8 Å². The number of primary amides is 1. The van der Waals surface area contributed by atoms with Crippen LogP contribution in [0.5, 0.6) is 0 Å². The van der Waals surface area contributed by atoms with E-state index in [9.17, 15) is 19.5 Å². The van der Waals surface area contributed by atoms with E-state index in [-0.39, 0.29) is 24.2 Å². The van der Waals surface area contributed by atoms with Gasteiger partial charge in [0.15, 0.2) is 6.10 Å². The summed E-state index contributed by atoms with van der Waals surface area (Å²) in [6.45, 7) is 0.555. The lowest BCUT2D eigenvalue weighted by Gasteiger charge is -2.23. The number of carbonyl (C=O) groups is 3. The van der Waals surface area contributed by atoms with Gasteiger partial charge in [-0.3, -0.25) is 9.59 Å². The second-order valence-electron chi connectivity index (χ2n) is 7.74. The summed E-state index contributed by atoms with van der Waals surface area (Å²) in [5.41, 5.74) is 6.64. The van der Waals surface area contributed by atoms with Crippen LogP contribution in [0.4, 0.5) is 0 Å². The molecule has 2 unspecified atom stereocenters. The summed E-state index contributed by atoms with van der Waals surface area (Å²) in [6, 6.07) is 13.9. The van der Waals surface area contributed by atoms with Crippen molar-refractivity contribution in [2.75, 3.05) is 13.1 Å². The van der Waals surface area contributed by atoms with Crippen LogP contribution in [0.2, 0.25) is 5.02 Å². The van der Waals surface area contributed by atoms with E-state index in [0.717, 1.165) is 5.56 Å². The number of nitrogens with two attached hydrogens (primary N) is 1. The molecule has 4 rings (SSSR count). The number of nitrogens with zero attached hydrogens (tertiary/aromatic N) is 1. The van der Waals surface area contributed by atoms with E-state index in [1.807, 2.05) is 30.3 Å². The van der Waals surface area contributed by atoms with Crippen molar-refractivity contribution < 1.29 is 24.2 Å². The van der Waals surface area contributed by atoms with Crippen LogP contribution < -0.4 is 5.73 Å². The van der Waals surface area contributed by atoms with Crippen molar-refractivity contribution in [1.82, 2.24) is 9.88 Å². The molecule has 32 heavy (non-hydrogen) atoms. The van der Waals surface area contributed by atoms with Crippen LogP contribution in [0.1, 0.15) is 32.8 Å². The highest BCUT2D eigenvalue weighted by Gasteiger charge is 2.34. The zero-order valence-electron chi connectivity index (χ0n) is 17.1. The molecule has 2 heterocycles. The summed E-state index contributed by atoms with van der Waals surface area (Å²) in [7, 11) is 0. The molecule has 1 saturated heterocycles. The number of benzene rings is 2. The predicted octanol–water partition coefficient (Wildman–Crippen LogP) is 2.28. The molecule has 2 aromatic carbocycles. The number of ether oxygens (including phenoxy) is 1. The molecular formula is C23H22ClN3O5. The quantitative estimate of drug-likeness (QED) is 0.491. The average Bonchev–Trinajstić information content (AvgIpc) is 3.37. The molecule has 1 fully saturated rings. The molecule has 0 radical (unpaired) electrons. The van der Waals surface area contributed by atoms with Gasteiger partial charge in [-0.2, -0.15) is 0 Å². The molecule has 0 bridgehead atoms. The fourth-order valence-electron chi connectivity index (χ4n) is 3.91. The smallest absolute Gasteiger partial charge is 0.356 e. The lowest BCUT2D eigenvalue weighted by Crippen LogP contribution is -2.42. The number of amides is 2. The molecular weight excluding hydrogens is 434 g/mol. The van der Waals surface area contributed by atoms with Crippen molar-refractivity contribution >= 4 is 40.3 Å².